The van der Waals surface area contributed by atoms with E-state index in [0.717, 1.165) is 24.8 Å². The Hall–Kier alpha value is -0.600. The summed E-state index contributed by atoms with van der Waals surface area (Å²) in [6, 6.07) is 4.77. The minimum absolute atomic E-state index is 0.206. The number of hydrogen-bond donors (Lipinski definition) is 1. The van der Waals surface area contributed by atoms with E-state index in [9.17, 15) is 4.39 Å². The predicted molar refractivity (Wildman–Crippen MR) is 74.2 cm³/mol. The summed E-state index contributed by atoms with van der Waals surface area (Å²) in [4.78, 5) is 0. The van der Waals surface area contributed by atoms with Crippen molar-refractivity contribution in [3.63, 3.8) is 0 Å². The summed E-state index contributed by atoms with van der Waals surface area (Å²) in [5, 5.41) is 0.645. The summed E-state index contributed by atoms with van der Waals surface area (Å²) in [7, 11) is 0. The molecule has 1 saturated carbocycles. The van der Waals surface area contributed by atoms with Gasteiger partial charge in [-0.3, -0.25) is 0 Å². The zero-order valence-corrected chi connectivity index (χ0v) is 11.8. The van der Waals surface area contributed by atoms with Crippen LogP contribution in [0.3, 0.4) is 0 Å². The Morgan fingerprint density at radius 1 is 1.44 bits per heavy atom. The van der Waals surface area contributed by atoms with Crippen molar-refractivity contribution in [3.05, 3.63) is 34.6 Å². The first kappa shape index (κ1) is 13.8. The lowest BCUT2D eigenvalue weighted by atomic mass is 9.68. The van der Waals surface area contributed by atoms with Crippen LogP contribution in [0, 0.1) is 17.2 Å². The number of nitrogens with two attached hydrogens (primary N) is 1. The lowest BCUT2D eigenvalue weighted by Crippen LogP contribution is -2.40. The highest BCUT2D eigenvalue weighted by atomic mass is 35.5. The van der Waals surface area contributed by atoms with E-state index in [4.69, 9.17) is 17.3 Å². The second kappa shape index (κ2) is 5.18. The summed E-state index contributed by atoms with van der Waals surface area (Å²) in [6.45, 7) is 4.55. The molecular formula is C15H21ClFN. The minimum Gasteiger partial charge on any atom is -0.327 e. The van der Waals surface area contributed by atoms with Crippen molar-refractivity contribution in [2.75, 3.05) is 0 Å². The summed E-state index contributed by atoms with van der Waals surface area (Å²) in [5.74, 6) is 0.172. The quantitative estimate of drug-likeness (QED) is 0.857. The van der Waals surface area contributed by atoms with Gasteiger partial charge in [-0.05, 0) is 60.8 Å². The Morgan fingerprint density at radius 2 is 2.17 bits per heavy atom. The van der Waals surface area contributed by atoms with Crippen LogP contribution < -0.4 is 5.73 Å². The molecule has 0 spiro atoms. The molecule has 2 N–H and O–H groups in total. The third-order valence-corrected chi connectivity index (χ3v) is 4.43. The molecule has 0 radical (unpaired) electrons. The van der Waals surface area contributed by atoms with Gasteiger partial charge in [-0.15, -0.1) is 0 Å². The van der Waals surface area contributed by atoms with E-state index in [-0.39, 0.29) is 11.9 Å². The van der Waals surface area contributed by atoms with Gasteiger partial charge < -0.3 is 5.73 Å². The highest BCUT2D eigenvalue weighted by Gasteiger charge is 2.33. The molecule has 0 amide bonds. The van der Waals surface area contributed by atoms with Gasteiger partial charge in [0.1, 0.15) is 5.82 Å². The number of halogens is 2. The molecule has 0 bridgehead atoms. The first-order valence-corrected chi connectivity index (χ1v) is 6.95. The molecule has 0 aromatic heterocycles. The Bertz CT molecular complexity index is 431. The maximum atomic E-state index is 13.3. The van der Waals surface area contributed by atoms with E-state index < -0.39 is 0 Å². The largest absolute Gasteiger partial charge is 0.327 e. The van der Waals surface area contributed by atoms with Gasteiger partial charge in [-0.25, -0.2) is 4.39 Å². The van der Waals surface area contributed by atoms with Crippen LogP contribution in [0.15, 0.2) is 18.2 Å². The van der Waals surface area contributed by atoms with Crippen LogP contribution in [-0.2, 0) is 6.42 Å². The number of hydrogen-bond acceptors (Lipinski definition) is 1. The molecular weight excluding hydrogens is 249 g/mol. The van der Waals surface area contributed by atoms with Crippen LogP contribution in [0.1, 0.15) is 38.7 Å². The second-order valence-electron chi connectivity index (χ2n) is 6.27. The zero-order valence-electron chi connectivity index (χ0n) is 11.0. The van der Waals surface area contributed by atoms with E-state index in [1.807, 2.05) is 0 Å². The average Bonchev–Trinajstić information content (AvgIpc) is 2.28. The van der Waals surface area contributed by atoms with Gasteiger partial charge in [-0.1, -0.05) is 25.4 Å². The smallest absolute Gasteiger partial charge is 0.123 e. The van der Waals surface area contributed by atoms with Gasteiger partial charge in [0.15, 0.2) is 0 Å². The van der Waals surface area contributed by atoms with Gasteiger partial charge in [0.2, 0.25) is 0 Å². The van der Waals surface area contributed by atoms with Crippen molar-refractivity contribution in [1.29, 1.82) is 0 Å². The van der Waals surface area contributed by atoms with Crippen LogP contribution in [0.4, 0.5) is 4.39 Å². The standard InChI is InChI=1S/C15H21ClFN/c1-15(2)6-5-14(18)11(9-15)7-10-8-12(17)3-4-13(10)16/h3-4,8,11,14H,5-7,9,18H2,1-2H3. The summed E-state index contributed by atoms with van der Waals surface area (Å²) >= 11 is 6.13. The fourth-order valence-electron chi connectivity index (χ4n) is 2.96. The molecule has 0 saturated heterocycles. The Kier molecular flexibility index (Phi) is 3.98. The molecule has 2 rings (SSSR count). The molecule has 1 aliphatic carbocycles. The van der Waals surface area contributed by atoms with E-state index in [0.29, 0.717) is 16.4 Å². The Balaban J connectivity index is 2.14. The van der Waals surface area contributed by atoms with E-state index >= 15 is 0 Å². The average molecular weight is 270 g/mol. The molecule has 1 aromatic rings. The number of benzene rings is 1. The highest BCUT2D eigenvalue weighted by Crippen LogP contribution is 2.40. The molecule has 0 heterocycles. The number of rotatable bonds is 2. The lowest BCUT2D eigenvalue weighted by Gasteiger charge is -2.39. The Morgan fingerprint density at radius 3 is 2.89 bits per heavy atom. The molecule has 1 fully saturated rings. The van der Waals surface area contributed by atoms with Crippen LogP contribution in [-0.4, -0.2) is 6.04 Å². The van der Waals surface area contributed by atoms with Crippen LogP contribution >= 0.6 is 11.6 Å². The Labute approximate surface area is 114 Å². The van der Waals surface area contributed by atoms with Gasteiger partial charge in [0, 0.05) is 11.1 Å². The van der Waals surface area contributed by atoms with Crippen molar-refractivity contribution in [2.24, 2.45) is 17.1 Å². The lowest BCUT2D eigenvalue weighted by molar-refractivity contribution is 0.157. The van der Waals surface area contributed by atoms with Gasteiger partial charge in [0.25, 0.3) is 0 Å². The molecule has 1 aliphatic rings. The maximum absolute atomic E-state index is 13.3. The first-order valence-electron chi connectivity index (χ1n) is 6.57. The van der Waals surface area contributed by atoms with Crippen LogP contribution in [0.25, 0.3) is 0 Å². The van der Waals surface area contributed by atoms with Gasteiger partial charge >= 0.3 is 0 Å². The first-order chi connectivity index (χ1) is 8.37. The third-order valence-electron chi connectivity index (χ3n) is 4.06. The van der Waals surface area contributed by atoms with E-state index in [2.05, 4.69) is 13.8 Å². The normalized spacial score (nSPS) is 27.2. The molecule has 0 aliphatic heterocycles. The molecule has 18 heavy (non-hydrogen) atoms. The van der Waals surface area contributed by atoms with Gasteiger partial charge in [0.05, 0.1) is 0 Å². The van der Waals surface area contributed by atoms with Crippen molar-refractivity contribution in [2.45, 2.75) is 45.6 Å². The fraction of sp³-hybridized carbons (Fsp3) is 0.600. The molecule has 3 heteroatoms. The topological polar surface area (TPSA) is 26.0 Å². The molecule has 1 nitrogen and oxygen atoms in total. The molecule has 2 atom stereocenters. The van der Waals surface area contributed by atoms with Crippen LogP contribution in [0.2, 0.25) is 5.02 Å². The highest BCUT2D eigenvalue weighted by molar-refractivity contribution is 6.31. The fourth-order valence-corrected chi connectivity index (χ4v) is 3.16. The minimum atomic E-state index is -0.224. The maximum Gasteiger partial charge on any atom is 0.123 e. The third kappa shape index (κ3) is 3.24. The molecule has 2 unspecified atom stereocenters. The summed E-state index contributed by atoms with van der Waals surface area (Å²) < 4.78 is 13.3. The second-order valence-corrected chi connectivity index (χ2v) is 6.68. The van der Waals surface area contributed by atoms with Crippen molar-refractivity contribution in [1.82, 2.24) is 0 Å². The molecule has 1 aromatic carbocycles. The predicted octanol–water partition coefficient (Wildman–Crippen LogP) is 4.18. The summed E-state index contributed by atoms with van der Waals surface area (Å²) in [5.41, 5.74) is 7.42. The summed E-state index contributed by atoms with van der Waals surface area (Å²) in [6.07, 6.45) is 4.08. The van der Waals surface area contributed by atoms with Crippen LogP contribution in [0.5, 0.6) is 0 Å². The van der Waals surface area contributed by atoms with Crippen molar-refractivity contribution >= 4 is 11.6 Å². The monoisotopic (exact) mass is 269 g/mol. The van der Waals surface area contributed by atoms with E-state index in [1.54, 1.807) is 6.07 Å². The molecule has 100 valence electrons. The van der Waals surface area contributed by atoms with Crippen molar-refractivity contribution in [3.8, 4) is 0 Å². The van der Waals surface area contributed by atoms with E-state index in [1.165, 1.54) is 18.6 Å². The zero-order chi connectivity index (χ0) is 13.3. The SMILES string of the molecule is CC1(C)CCC(N)C(Cc2cc(F)ccc2Cl)C1. The van der Waals surface area contributed by atoms with Crippen molar-refractivity contribution < 1.29 is 4.39 Å². The van der Waals surface area contributed by atoms with Gasteiger partial charge in [-0.2, -0.15) is 0 Å².